The highest BCUT2D eigenvalue weighted by molar-refractivity contribution is 9.10. The monoisotopic (exact) mass is 346 g/mol. The van der Waals surface area contributed by atoms with Crippen LogP contribution in [-0.4, -0.2) is 14.5 Å². The largest absolute Gasteiger partial charge is 0.326 e. The molecule has 19 heavy (non-hydrogen) atoms. The second-order valence-electron chi connectivity index (χ2n) is 5.32. The van der Waals surface area contributed by atoms with Crippen molar-refractivity contribution in [1.82, 2.24) is 4.72 Å². The summed E-state index contributed by atoms with van der Waals surface area (Å²) in [5.74, 6) is 0.605. The molecule has 0 unspecified atom stereocenters. The number of nitrogens with one attached hydrogen (secondary N) is 1. The number of nitrogens with two attached hydrogens (primary N) is 1. The molecule has 0 radical (unpaired) electrons. The Balaban J connectivity index is 2.31. The SMILES string of the molecule is Cc1cc(CN)cc(S(=O)(=O)NC2CC(C)C2)c1Br. The van der Waals surface area contributed by atoms with Gasteiger partial charge in [-0.1, -0.05) is 13.0 Å². The van der Waals surface area contributed by atoms with Gasteiger partial charge < -0.3 is 5.73 Å². The van der Waals surface area contributed by atoms with Gasteiger partial charge in [-0.2, -0.15) is 0 Å². The molecule has 106 valence electrons. The highest BCUT2D eigenvalue weighted by Crippen LogP contribution is 2.31. The highest BCUT2D eigenvalue weighted by Gasteiger charge is 2.31. The molecule has 1 aromatic carbocycles. The van der Waals surface area contributed by atoms with E-state index >= 15 is 0 Å². The number of aryl methyl sites for hydroxylation is 1. The lowest BCUT2D eigenvalue weighted by Gasteiger charge is -2.33. The van der Waals surface area contributed by atoms with Gasteiger partial charge in [-0.25, -0.2) is 13.1 Å². The Kier molecular flexibility index (Phi) is 4.35. The predicted octanol–water partition coefficient (Wildman–Crippen LogP) is 2.29. The molecule has 1 saturated carbocycles. The first-order chi connectivity index (χ1) is 8.83. The Morgan fingerprint density at radius 1 is 1.42 bits per heavy atom. The second kappa shape index (κ2) is 5.52. The molecular formula is C13H19BrN2O2S. The first-order valence-electron chi connectivity index (χ1n) is 6.35. The number of halogens is 1. The third-order valence-corrected chi connectivity index (χ3v) is 6.36. The van der Waals surface area contributed by atoms with E-state index in [-0.39, 0.29) is 10.9 Å². The topological polar surface area (TPSA) is 72.2 Å². The van der Waals surface area contributed by atoms with Crippen LogP contribution in [0.4, 0.5) is 0 Å². The van der Waals surface area contributed by atoms with Crippen LogP contribution in [0.25, 0.3) is 0 Å². The van der Waals surface area contributed by atoms with E-state index in [1.165, 1.54) is 0 Å². The average molecular weight is 347 g/mol. The Hall–Kier alpha value is -0.430. The molecule has 1 aliphatic rings. The smallest absolute Gasteiger partial charge is 0.241 e. The highest BCUT2D eigenvalue weighted by atomic mass is 79.9. The number of sulfonamides is 1. The molecule has 0 aromatic heterocycles. The number of rotatable bonds is 4. The molecule has 0 atom stereocenters. The Bertz CT molecular complexity index is 581. The van der Waals surface area contributed by atoms with Crippen LogP contribution in [0, 0.1) is 12.8 Å². The summed E-state index contributed by atoms with van der Waals surface area (Å²) in [6.45, 7) is 4.32. The van der Waals surface area contributed by atoms with Crippen molar-refractivity contribution in [3.05, 3.63) is 27.7 Å². The lowest BCUT2D eigenvalue weighted by atomic mass is 9.83. The minimum atomic E-state index is -3.48. The van der Waals surface area contributed by atoms with E-state index in [4.69, 9.17) is 5.73 Å². The quantitative estimate of drug-likeness (QED) is 0.878. The Labute approximate surface area is 122 Å². The number of benzene rings is 1. The van der Waals surface area contributed by atoms with Gasteiger partial charge in [0, 0.05) is 17.1 Å². The molecule has 0 amide bonds. The van der Waals surface area contributed by atoms with Crippen LogP contribution in [0.1, 0.15) is 30.9 Å². The predicted molar refractivity (Wildman–Crippen MR) is 79.3 cm³/mol. The molecule has 0 aliphatic heterocycles. The molecule has 6 heteroatoms. The molecule has 2 rings (SSSR count). The summed E-state index contributed by atoms with van der Waals surface area (Å²) in [5, 5.41) is 0. The molecule has 1 aromatic rings. The summed E-state index contributed by atoms with van der Waals surface area (Å²) in [6.07, 6.45) is 1.82. The van der Waals surface area contributed by atoms with Crippen molar-refractivity contribution < 1.29 is 8.42 Å². The van der Waals surface area contributed by atoms with Gasteiger partial charge in [0.25, 0.3) is 0 Å². The molecule has 0 saturated heterocycles. The van der Waals surface area contributed by atoms with Gasteiger partial charge in [0.15, 0.2) is 0 Å². The fourth-order valence-electron chi connectivity index (χ4n) is 2.40. The van der Waals surface area contributed by atoms with Crippen molar-refractivity contribution in [1.29, 1.82) is 0 Å². The first-order valence-corrected chi connectivity index (χ1v) is 8.62. The fourth-order valence-corrected chi connectivity index (χ4v) is 4.73. The van der Waals surface area contributed by atoms with E-state index in [1.807, 2.05) is 13.0 Å². The average Bonchev–Trinajstić information content (AvgIpc) is 2.30. The van der Waals surface area contributed by atoms with Crippen molar-refractivity contribution in [2.24, 2.45) is 11.7 Å². The van der Waals surface area contributed by atoms with Crippen LogP contribution in [0.5, 0.6) is 0 Å². The molecule has 1 aliphatic carbocycles. The number of hydrogen-bond donors (Lipinski definition) is 2. The van der Waals surface area contributed by atoms with Crippen LogP contribution in [-0.2, 0) is 16.6 Å². The normalized spacial score (nSPS) is 23.2. The van der Waals surface area contributed by atoms with E-state index in [9.17, 15) is 8.42 Å². The van der Waals surface area contributed by atoms with Crippen molar-refractivity contribution >= 4 is 26.0 Å². The van der Waals surface area contributed by atoms with Crippen LogP contribution < -0.4 is 10.5 Å². The summed E-state index contributed by atoms with van der Waals surface area (Å²) in [4.78, 5) is 0.285. The summed E-state index contributed by atoms with van der Waals surface area (Å²) in [7, 11) is -3.48. The van der Waals surface area contributed by atoms with E-state index < -0.39 is 10.0 Å². The van der Waals surface area contributed by atoms with Crippen molar-refractivity contribution in [2.75, 3.05) is 0 Å². The van der Waals surface area contributed by atoms with Crippen LogP contribution in [0.3, 0.4) is 0 Å². The minimum Gasteiger partial charge on any atom is -0.326 e. The van der Waals surface area contributed by atoms with Gasteiger partial charge in [-0.15, -0.1) is 0 Å². The van der Waals surface area contributed by atoms with E-state index in [0.717, 1.165) is 24.0 Å². The standard InChI is InChI=1S/C13H19BrN2O2S/c1-8-3-11(4-8)16-19(17,18)12-6-10(7-15)5-9(2)13(12)14/h5-6,8,11,16H,3-4,7,15H2,1-2H3. The Morgan fingerprint density at radius 2 is 2.05 bits per heavy atom. The lowest BCUT2D eigenvalue weighted by Crippen LogP contribution is -2.43. The third-order valence-electron chi connectivity index (χ3n) is 3.50. The fraction of sp³-hybridized carbons (Fsp3) is 0.538. The van der Waals surface area contributed by atoms with Gasteiger partial charge in [-0.05, 0) is 58.8 Å². The van der Waals surface area contributed by atoms with Crippen molar-refractivity contribution in [3.8, 4) is 0 Å². The molecule has 0 spiro atoms. The van der Waals surface area contributed by atoms with Crippen LogP contribution >= 0.6 is 15.9 Å². The second-order valence-corrected chi connectivity index (χ2v) is 7.80. The van der Waals surface area contributed by atoms with Gasteiger partial charge in [0.1, 0.15) is 0 Å². The van der Waals surface area contributed by atoms with Crippen molar-refractivity contribution in [3.63, 3.8) is 0 Å². The Morgan fingerprint density at radius 3 is 2.58 bits per heavy atom. The zero-order valence-corrected chi connectivity index (χ0v) is 13.5. The van der Waals surface area contributed by atoms with E-state index in [1.54, 1.807) is 6.07 Å². The lowest BCUT2D eigenvalue weighted by molar-refractivity contribution is 0.270. The third kappa shape index (κ3) is 3.18. The first kappa shape index (κ1) is 15.0. The molecule has 0 bridgehead atoms. The summed E-state index contributed by atoms with van der Waals surface area (Å²) in [6, 6.07) is 3.60. The zero-order chi connectivity index (χ0) is 14.2. The van der Waals surface area contributed by atoms with E-state index in [0.29, 0.717) is 16.9 Å². The van der Waals surface area contributed by atoms with Gasteiger partial charge in [-0.3, -0.25) is 0 Å². The van der Waals surface area contributed by atoms with E-state index in [2.05, 4.69) is 27.6 Å². The molecular weight excluding hydrogens is 328 g/mol. The summed E-state index contributed by atoms with van der Waals surface area (Å²) in [5.41, 5.74) is 7.31. The summed E-state index contributed by atoms with van der Waals surface area (Å²) >= 11 is 3.36. The zero-order valence-electron chi connectivity index (χ0n) is 11.1. The van der Waals surface area contributed by atoms with Crippen molar-refractivity contribution in [2.45, 2.75) is 44.2 Å². The van der Waals surface area contributed by atoms with Gasteiger partial charge in [0.2, 0.25) is 10.0 Å². The maximum atomic E-state index is 12.4. The van der Waals surface area contributed by atoms with Crippen LogP contribution in [0.15, 0.2) is 21.5 Å². The molecule has 0 heterocycles. The van der Waals surface area contributed by atoms with Gasteiger partial charge in [0.05, 0.1) is 4.90 Å². The summed E-state index contributed by atoms with van der Waals surface area (Å²) < 4.78 is 28.2. The molecule has 4 nitrogen and oxygen atoms in total. The van der Waals surface area contributed by atoms with Gasteiger partial charge >= 0.3 is 0 Å². The minimum absolute atomic E-state index is 0.0636. The molecule has 1 fully saturated rings. The number of hydrogen-bond acceptors (Lipinski definition) is 3. The molecule has 3 N–H and O–H groups in total. The maximum Gasteiger partial charge on any atom is 0.241 e. The maximum absolute atomic E-state index is 12.4. The van der Waals surface area contributed by atoms with Crippen LogP contribution in [0.2, 0.25) is 0 Å².